The van der Waals surface area contributed by atoms with E-state index in [1.165, 1.54) is 38.1 Å². The van der Waals surface area contributed by atoms with Crippen LogP contribution in [0.5, 0.6) is 0 Å². The van der Waals surface area contributed by atoms with Crippen LogP contribution in [0.25, 0.3) is 0 Å². The van der Waals surface area contributed by atoms with Crippen molar-refractivity contribution in [2.75, 3.05) is 31.7 Å². The summed E-state index contributed by atoms with van der Waals surface area (Å²) < 4.78 is 35.8. The maximum Gasteiger partial charge on any atom is 0.236 e. The molecule has 4 unspecified atom stereocenters. The zero-order valence-corrected chi connectivity index (χ0v) is 20.3. The van der Waals surface area contributed by atoms with Crippen molar-refractivity contribution in [3.8, 4) is 0 Å². The fraction of sp³-hybridized carbons (Fsp3) is 0.714. The van der Waals surface area contributed by atoms with Crippen LogP contribution in [0.4, 0.5) is 5.95 Å². The molecule has 3 fully saturated rings. The number of hydrogen-bond donors (Lipinski definition) is 1. The van der Waals surface area contributed by atoms with Gasteiger partial charge in [-0.2, -0.15) is 0 Å². The molecular formula is C21H29ClN6O4S. The van der Waals surface area contributed by atoms with Gasteiger partial charge in [-0.3, -0.25) is 9.29 Å². The second-order valence-electron chi connectivity index (χ2n) is 8.87. The molecule has 3 aliphatic rings. The largest absolute Gasteiger partial charge is 0.376 e. The fourth-order valence-corrected chi connectivity index (χ4v) is 5.54. The number of nitrogens with zero attached hydrogens (tertiary/aromatic N) is 5. The molecule has 2 aromatic heterocycles. The molecule has 4 atom stereocenters. The van der Waals surface area contributed by atoms with Crippen molar-refractivity contribution < 1.29 is 18.4 Å². The van der Waals surface area contributed by atoms with Gasteiger partial charge in [0.2, 0.25) is 5.95 Å². The number of nitrogens with one attached hydrogen (secondary N) is 1. The zero-order chi connectivity index (χ0) is 22.9. The van der Waals surface area contributed by atoms with E-state index in [4.69, 9.17) is 25.8 Å². The third kappa shape index (κ3) is 5.07. The Hall–Kier alpha value is -1.66. The van der Waals surface area contributed by atoms with E-state index >= 15 is 0 Å². The second kappa shape index (κ2) is 9.91. The molecule has 33 heavy (non-hydrogen) atoms. The normalized spacial score (nSPS) is 23.9. The number of rotatable bonds is 10. The molecule has 0 bridgehead atoms. The van der Waals surface area contributed by atoms with E-state index in [9.17, 15) is 4.21 Å². The summed E-state index contributed by atoms with van der Waals surface area (Å²) in [5.74, 6) is 2.86. The standard InChI is InChI=1S/C21H29ClN6O4S/c1-12(18(30-2)19-23-9-15(22)10-24-19)33(29)27-21-26-25-20(16-11-31-7-8-32-16)28(21)17(13-3-4-13)14-5-6-14/h9-10,12-14,16-18H,3-8,11H2,1-2H3,(H,26,27). The van der Waals surface area contributed by atoms with Gasteiger partial charge in [0.15, 0.2) is 11.6 Å². The van der Waals surface area contributed by atoms with Crippen LogP contribution >= 0.6 is 11.6 Å². The van der Waals surface area contributed by atoms with Crippen LogP contribution in [0.2, 0.25) is 5.02 Å². The third-order valence-corrected chi connectivity index (χ3v) is 7.94. The summed E-state index contributed by atoms with van der Waals surface area (Å²) in [6, 6.07) is 0.285. The summed E-state index contributed by atoms with van der Waals surface area (Å²) in [6.07, 6.45) is 6.93. The maximum absolute atomic E-state index is 13.4. The van der Waals surface area contributed by atoms with Crippen molar-refractivity contribution >= 4 is 28.5 Å². The van der Waals surface area contributed by atoms with Crippen molar-refractivity contribution in [1.82, 2.24) is 24.7 Å². The molecular weight excluding hydrogens is 468 g/mol. The van der Waals surface area contributed by atoms with Crippen molar-refractivity contribution in [1.29, 1.82) is 0 Å². The first-order chi connectivity index (χ1) is 16.1. The molecule has 0 amide bonds. The molecule has 2 aromatic rings. The van der Waals surface area contributed by atoms with Crippen molar-refractivity contribution in [3.05, 3.63) is 29.1 Å². The first-order valence-electron chi connectivity index (χ1n) is 11.4. The average molecular weight is 497 g/mol. The lowest BCUT2D eigenvalue weighted by atomic mass is 10.1. The third-order valence-electron chi connectivity index (χ3n) is 6.44. The average Bonchev–Trinajstić information content (AvgIpc) is 3.76. The quantitative estimate of drug-likeness (QED) is 0.534. The molecule has 1 aliphatic heterocycles. The molecule has 2 aliphatic carbocycles. The molecule has 2 saturated carbocycles. The molecule has 0 spiro atoms. The molecule has 0 aromatic carbocycles. The van der Waals surface area contributed by atoms with Crippen LogP contribution in [-0.2, 0) is 25.2 Å². The Morgan fingerprint density at radius 3 is 2.45 bits per heavy atom. The van der Waals surface area contributed by atoms with Gasteiger partial charge in [-0.05, 0) is 44.4 Å². The molecule has 5 rings (SSSR count). The first-order valence-corrected chi connectivity index (χ1v) is 13.0. The zero-order valence-electron chi connectivity index (χ0n) is 18.7. The lowest BCUT2D eigenvalue weighted by Gasteiger charge is -2.28. The maximum atomic E-state index is 13.4. The Morgan fingerprint density at radius 2 is 1.88 bits per heavy atom. The number of halogens is 1. The number of anilines is 1. The van der Waals surface area contributed by atoms with Gasteiger partial charge < -0.3 is 14.2 Å². The van der Waals surface area contributed by atoms with E-state index in [0.29, 0.717) is 48.5 Å². The molecule has 180 valence electrons. The minimum atomic E-state index is -1.54. The number of methoxy groups -OCH3 is 1. The highest BCUT2D eigenvalue weighted by Crippen LogP contribution is 2.53. The summed E-state index contributed by atoms with van der Waals surface area (Å²) in [6.45, 7) is 3.38. The van der Waals surface area contributed by atoms with Gasteiger partial charge >= 0.3 is 0 Å². The van der Waals surface area contributed by atoms with Crippen molar-refractivity contribution in [3.63, 3.8) is 0 Å². The molecule has 1 N–H and O–H groups in total. The monoisotopic (exact) mass is 496 g/mol. The van der Waals surface area contributed by atoms with E-state index in [2.05, 4.69) is 29.5 Å². The van der Waals surface area contributed by atoms with Crippen LogP contribution < -0.4 is 4.72 Å². The second-order valence-corrected chi connectivity index (χ2v) is 10.9. The van der Waals surface area contributed by atoms with Gasteiger partial charge in [0, 0.05) is 25.5 Å². The highest BCUT2D eigenvalue weighted by atomic mass is 35.5. The van der Waals surface area contributed by atoms with Crippen LogP contribution in [0.15, 0.2) is 12.4 Å². The van der Waals surface area contributed by atoms with E-state index in [-0.39, 0.29) is 12.1 Å². The first kappa shape index (κ1) is 23.1. The van der Waals surface area contributed by atoms with Gasteiger partial charge in [0.05, 0.1) is 30.1 Å². The summed E-state index contributed by atoms with van der Waals surface area (Å²) in [7, 11) is 0.0102. The summed E-state index contributed by atoms with van der Waals surface area (Å²) in [5.41, 5.74) is 0. The summed E-state index contributed by atoms with van der Waals surface area (Å²) >= 11 is 5.91. The highest BCUT2D eigenvalue weighted by Gasteiger charge is 2.45. The van der Waals surface area contributed by atoms with Gasteiger partial charge in [0.1, 0.15) is 23.2 Å². The van der Waals surface area contributed by atoms with Gasteiger partial charge in [-0.1, -0.05) is 11.6 Å². The predicted octanol–water partition coefficient (Wildman–Crippen LogP) is 3.02. The molecule has 12 heteroatoms. The van der Waals surface area contributed by atoms with Crippen molar-refractivity contribution in [2.24, 2.45) is 11.8 Å². The lowest BCUT2D eigenvalue weighted by molar-refractivity contribution is -0.0953. The van der Waals surface area contributed by atoms with Gasteiger partial charge in [-0.25, -0.2) is 14.2 Å². The smallest absolute Gasteiger partial charge is 0.236 e. The van der Waals surface area contributed by atoms with Crippen molar-refractivity contribution in [2.45, 2.75) is 56.1 Å². The topological polar surface area (TPSA) is 113 Å². The summed E-state index contributed by atoms with van der Waals surface area (Å²) in [5, 5.41) is 8.85. The van der Waals surface area contributed by atoms with E-state index in [1.807, 2.05) is 6.92 Å². The Bertz CT molecular complexity index is 966. The highest BCUT2D eigenvalue weighted by molar-refractivity contribution is 7.87. The fourth-order valence-electron chi connectivity index (χ4n) is 4.48. The van der Waals surface area contributed by atoms with E-state index in [1.54, 1.807) is 7.11 Å². The Balaban J connectivity index is 1.40. The van der Waals surface area contributed by atoms with Crippen LogP contribution in [0, 0.1) is 11.8 Å². The molecule has 10 nitrogen and oxygen atoms in total. The van der Waals surface area contributed by atoms with Crippen LogP contribution in [-0.4, -0.2) is 61.1 Å². The molecule has 1 saturated heterocycles. The lowest BCUT2D eigenvalue weighted by Crippen LogP contribution is -2.30. The number of ether oxygens (including phenoxy) is 3. The summed E-state index contributed by atoms with van der Waals surface area (Å²) in [4.78, 5) is 8.48. The van der Waals surface area contributed by atoms with Gasteiger partial charge in [0.25, 0.3) is 0 Å². The van der Waals surface area contributed by atoms with Crippen LogP contribution in [0.1, 0.15) is 62.5 Å². The minimum absolute atomic E-state index is 0.276. The van der Waals surface area contributed by atoms with E-state index in [0.717, 1.165) is 5.82 Å². The Labute approximate surface area is 200 Å². The number of aromatic nitrogens is 5. The molecule has 3 heterocycles. The molecule has 0 radical (unpaired) electrons. The van der Waals surface area contributed by atoms with E-state index < -0.39 is 22.3 Å². The van der Waals surface area contributed by atoms with Crippen LogP contribution in [0.3, 0.4) is 0 Å². The SMILES string of the molecule is COC(c1ncc(Cl)cn1)C(C)S(=O)Nc1nnc(C2COCCO2)n1C(C1CC1)C1CC1. The predicted molar refractivity (Wildman–Crippen MR) is 122 cm³/mol. The van der Waals surface area contributed by atoms with Gasteiger partial charge in [-0.15, -0.1) is 10.2 Å². The minimum Gasteiger partial charge on any atom is -0.376 e. The Morgan fingerprint density at radius 1 is 1.18 bits per heavy atom. The number of hydrogen-bond acceptors (Lipinski definition) is 8. The Kier molecular flexibility index (Phi) is 6.94.